The first-order valence-corrected chi connectivity index (χ1v) is 14.4. The highest BCUT2D eigenvalue weighted by molar-refractivity contribution is 5.84. The summed E-state index contributed by atoms with van der Waals surface area (Å²) in [5.74, 6) is -2.67. The van der Waals surface area contributed by atoms with E-state index in [4.69, 9.17) is 4.74 Å². The Hall–Kier alpha value is -3.82. The van der Waals surface area contributed by atoms with E-state index < -0.39 is 36.0 Å². The van der Waals surface area contributed by atoms with E-state index in [9.17, 15) is 22.0 Å². The predicted octanol–water partition coefficient (Wildman–Crippen LogP) is 8.91. The van der Waals surface area contributed by atoms with Gasteiger partial charge in [-0.05, 0) is 59.9 Å². The summed E-state index contributed by atoms with van der Waals surface area (Å²) in [6, 6.07) is 10.7. The molecule has 0 saturated carbocycles. The van der Waals surface area contributed by atoms with Crippen molar-refractivity contribution in [2.24, 2.45) is 0 Å². The number of aromatic nitrogens is 2. The lowest BCUT2D eigenvalue weighted by Crippen LogP contribution is -2.20. The van der Waals surface area contributed by atoms with Gasteiger partial charge < -0.3 is 9.47 Å². The van der Waals surface area contributed by atoms with Crippen LogP contribution in [0, 0.1) is 17.5 Å². The molecule has 0 aliphatic heterocycles. The Morgan fingerprint density at radius 2 is 1.42 bits per heavy atom. The zero-order valence-corrected chi connectivity index (χ0v) is 24.0. The Balaban J connectivity index is 1.31. The van der Waals surface area contributed by atoms with Crippen LogP contribution in [-0.2, 0) is 25.7 Å². The number of benzene rings is 3. The first-order chi connectivity index (χ1) is 20.6. The number of fused-ring (bicyclic) bond motifs is 1. The fourth-order valence-corrected chi connectivity index (χ4v) is 4.76. The molecule has 0 saturated heterocycles. The van der Waals surface area contributed by atoms with E-state index in [2.05, 4.69) is 21.6 Å². The Morgan fingerprint density at radius 3 is 2.12 bits per heavy atom. The van der Waals surface area contributed by atoms with Crippen molar-refractivity contribution in [1.29, 1.82) is 0 Å². The fourth-order valence-electron chi connectivity index (χ4n) is 4.76. The molecule has 4 aromatic rings. The summed E-state index contributed by atoms with van der Waals surface area (Å²) in [6.07, 6.45) is 5.96. The molecule has 43 heavy (non-hydrogen) atoms. The SMILES string of the molecule is CCCCCCCOc1cnc(CCc2ccc3c(F)c(CCc4cc(F)c(OCC(F)(F)F)c(F)c4)ccc3c2)nc1. The fraction of sp³-hybridized carbons (Fsp3) is 0.394. The molecule has 0 atom stereocenters. The quantitative estimate of drug-likeness (QED) is 0.100. The van der Waals surface area contributed by atoms with Crippen LogP contribution in [0.1, 0.15) is 61.5 Å². The zero-order chi connectivity index (χ0) is 30.8. The lowest BCUT2D eigenvalue weighted by Gasteiger charge is -2.12. The van der Waals surface area contributed by atoms with E-state index in [0.717, 1.165) is 30.5 Å². The van der Waals surface area contributed by atoms with Crippen molar-refractivity contribution in [3.63, 3.8) is 0 Å². The average molecular weight is 605 g/mol. The maximum atomic E-state index is 15.3. The van der Waals surface area contributed by atoms with Crippen LogP contribution in [0.2, 0.25) is 0 Å². The molecule has 0 amide bonds. The molecule has 0 unspecified atom stereocenters. The minimum absolute atomic E-state index is 0.0800. The molecule has 4 rings (SSSR count). The van der Waals surface area contributed by atoms with Crippen LogP contribution in [0.3, 0.4) is 0 Å². The van der Waals surface area contributed by atoms with Crippen molar-refractivity contribution in [3.05, 3.63) is 94.8 Å². The third-order valence-corrected chi connectivity index (χ3v) is 7.06. The molecular formula is C33H34F6N2O2. The smallest absolute Gasteiger partial charge is 0.422 e. The molecule has 10 heteroatoms. The van der Waals surface area contributed by atoms with Gasteiger partial charge in [0.1, 0.15) is 11.6 Å². The largest absolute Gasteiger partial charge is 0.490 e. The van der Waals surface area contributed by atoms with Gasteiger partial charge in [-0.3, -0.25) is 0 Å². The van der Waals surface area contributed by atoms with Crippen LogP contribution < -0.4 is 9.47 Å². The van der Waals surface area contributed by atoms with Crippen LogP contribution in [0.4, 0.5) is 26.3 Å². The highest BCUT2D eigenvalue weighted by Gasteiger charge is 2.30. The van der Waals surface area contributed by atoms with Crippen LogP contribution in [0.25, 0.3) is 10.8 Å². The normalized spacial score (nSPS) is 11.7. The van der Waals surface area contributed by atoms with Gasteiger partial charge >= 0.3 is 6.18 Å². The third kappa shape index (κ3) is 9.59. The van der Waals surface area contributed by atoms with Gasteiger partial charge in [0, 0.05) is 11.8 Å². The molecular weight excluding hydrogens is 570 g/mol. The van der Waals surface area contributed by atoms with E-state index in [1.54, 1.807) is 30.6 Å². The van der Waals surface area contributed by atoms with E-state index >= 15 is 4.39 Å². The number of rotatable bonds is 15. The highest BCUT2D eigenvalue weighted by atomic mass is 19.4. The van der Waals surface area contributed by atoms with E-state index in [1.165, 1.54) is 19.3 Å². The lowest BCUT2D eigenvalue weighted by molar-refractivity contribution is -0.154. The number of ether oxygens (including phenoxy) is 2. The van der Waals surface area contributed by atoms with Crippen LogP contribution in [0.5, 0.6) is 11.5 Å². The Bertz CT molecular complexity index is 1470. The summed E-state index contributed by atoms with van der Waals surface area (Å²) in [5.41, 5.74) is 1.53. The number of aryl methyl sites for hydroxylation is 4. The second kappa shape index (κ2) is 15.1. The molecule has 0 bridgehead atoms. The summed E-state index contributed by atoms with van der Waals surface area (Å²) >= 11 is 0. The van der Waals surface area contributed by atoms with Crippen molar-refractivity contribution in [1.82, 2.24) is 9.97 Å². The molecule has 0 fully saturated rings. The average Bonchev–Trinajstić information content (AvgIpc) is 2.97. The van der Waals surface area contributed by atoms with Crippen molar-refractivity contribution in [2.75, 3.05) is 13.2 Å². The summed E-state index contributed by atoms with van der Waals surface area (Å²) in [4.78, 5) is 8.79. The van der Waals surface area contributed by atoms with E-state index in [0.29, 0.717) is 47.4 Å². The Morgan fingerprint density at radius 1 is 0.721 bits per heavy atom. The van der Waals surface area contributed by atoms with E-state index in [1.807, 2.05) is 12.1 Å². The second-order valence-electron chi connectivity index (χ2n) is 10.5. The summed E-state index contributed by atoms with van der Waals surface area (Å²) in [6.45, 7) is 1.03. The molecule has 0 aliphatic rings. The number of halogens is 6. The summed E-state index contributed by atoms with van der Waals surface area (Å²) in [5, 5.41) is 1.13. The minimum Gasteiger partial charge on any atom is -0.490 e. The Labute approximate surface area is 247 Å². The maximum Gasteiger partial charge on any atom is 0.422 e. The first kappa shape index (κ1) is 32.1. The van der Waals surface area contributed by atoms with Gasteiger partial charge in [0.25, 0.3) is 0 Å². The van der Waals surface area contributed by atoms with Crippen LogP contribution in [-0.4, -0.2) is 29.4 Å². The topological polar surface area (TPSA) is 44.2 Å². The monoisotopic (exact) mass is 604 g/mol. The van der Waals surface area contributed by atoms with Gasteiger partial charge in [-0.2, -0.15) is 13.2 Å². The lowest BCUT2D eigenvalue weighted by atomic mass is 9.98. The standard InChI is InChI=1S/C33H34F6N2O2/c1-2-3-4-5-6-15-42-26-19-40-30(41-20-26)14-9-22-8-13-27-25(16-22)12-11-24(31(27)36)10-7-23-17-28(34)32(29(35)18-23)43-21-33(37,38)39/h8,11-13,16-20H,2-7,9-10,14-15,21H2,1H3. The number of hydrogen-bond acceptors (Lipinski definition) is 4. The summed E-state index contributed by atoms with van der Waals surface area (Å²) < 4.78 is 90.6. The van der Waals surface area contributed by atoms with E-state index in [-0.39, 0.29) is 18.4 Å². The van der Waals surface area contributed by atoms with Gasteiger partial charge in [0.15, 0.2) is 29.7 Å². The number of alkyl halides is 3. The molecule has 0 radical (unpaired) electrons. The summed E-state index contributed by atoms with van der Waals surface area (Å²) in [7, 11) is 0. The van der Waals surface area contributed by atoms with Gasteiger partial charge in [0.2, 0.25) is 0 Å². The number of nitrogens with zero attached hydrogens (tertiary/aromatic N) is 2. The van der Waals surface area contributed by atoms with Crippen LogP contribution >= 0.6 is 0 Å². The number of unbranched alkanes of at least 4 members (excludes halogenated alkanes) is 4. The van der Waals surface area contributed by atoms with Gasteiger partial charge in [-0.1, -0.05) is 62.9 Å². The molecule has 0 spiro atoms. The molecule has 230 valence electrons. The van der Waals surface area contributed by atoms with Gasteiger partial charge in [-0.15, -0.1) is 0 Å². The van der Waals surface area contributed by atoms with Crippen molar-refractivity contribution >= 4 is 10.8 Å². The minimum atomic E-state index is -4.73. The number of hydrogen-bond donors (Lipinski definition) is 0. The molecule has 4 nitrogen and oxygen atoms in total. The maximum absolute atomic E-state index is 15.3. The third-order valence-electron chi connectivity index (χ3n) is 7.06. The second-order valence-corrected chi connectivity index (χ2v) is 10.5. The molecule has 3 aromatic carbocycles. The first-order valence-electron chi connectivity index (χ1n) is 14.4. The van der Waals surface area contributed by atoms with Crippen LogP contribution in [0.15, 0.2) is 54.9 Å². The predicted molar refractivity (Wildman–Crippen MR) is 153 cm³/mol. The molecule has 0 N–H and O–H groups in total. The zero-order valence-electron chi connectivity index (χ0n) is 24.0. The molecule has 1 aromatic heterocycles. The Kier molecular flexibility index (Phi) is 11.3. The molecule has 1 heterocycles. The van der Waals surface area contributed by atoms with Gasteiger partial charge in [0.05, 0.1) is 19.0 Å². The van der Waals surface area contributed by atoms with Crippen molar-refractivity contribution in [2.45, 2.75) is 70.9 Å². The highest BCUT2D eigenvalue weighted by Crippen LogP contribution is 2.28. The van der Waals surface area contributed by atoms with Gasteiger partial charge in [-0.25, -0.2) is 23.1 Å². The van der Waals surface area contributed by atoms with Crippen molar-refractivity contribution in [3.8, 4) is 11.5 Å². The molecule has 0 aliphatic carbocycles. The van der Waals surface area contributed by atoms with Crippen molar-refractivity contribution < 1.29 is 35.8 Å².